The molecule has 65 valence electrons. The standard InChI is InChI=1S/C12H17/c1-9-7-6-8-11(10(9)2)12(3,4)5/h6-7H,1-5H3. The highest BCUT2D eigenvalue weighted by Crippen LogP contribution is 2.26. The molecule has 0 amide bonds. The van der Waals surface area contributed by atoms with Gasteiger partial charge in [-0.2, -0.15) is 0 Å². The number of hydrogen-bond acceptors (Lipinski definition) is 0. The SMILES string of the molecule is Cc1cc[c]c(C(C)(C)C)c1C. The Morgan fingerprint density at radius 2 is 1.75 bits per heavy atom. The molecule has 1 radical (unpaired) electrons. The first-order valence-electron chi connectivity index (χ1n) is 4.41. The van der Waals surface area contributed by atoms with Crippen molar-refractivity contribution in [3.05, 3.63) is 34.9 Å². The molecule has 0 aliphatic heterocycles. The number of aryl methyl sites for hydroxylation is 1. The van der Waals surface area contributed by atoms with Gasteiger partial charge in [-0.25, -0.2) is 0 Å². The predicted octanol–water partition coefficient (Wildman–Crippen LogP) is 3.40. The minimum Gasteiger partial charge on any atom is -0.0584 e. The van der Waals surface area contributed by atoms with E-state index in [1.165, 1.54) is 16.7 Å². The van der Waals surface area contributed by atoms with Crippen LogP contribution in [0.25, 0.3) is 0 Å². The summed E-state index contributed by atoms with van der Waals surface area (Å²) in [4.78, 5) is 0. The van der Waals surface area contributed by atoms with Gasteiger partial charge in [-0.1, -0.05) is 32.9 Å². The van der Waals surface area contributed by atoms with Gasteiger partial charge in [-0.3, -0.25) is 0 Å². The lowest BCUT2D eigenvalue weighted by Crippen LogP contribution is -2.13. The molecular weight excluding hydrogens is 144 g/mol. The minimum atomic E-state index is 0.218. The lowest BCUT2D eigenvalue weighted by Gasteiger charge is -2.22. The molecule has 1 aromatic rings. The zero-order valence-corrected chi connectivity index (χ0v) is 8.65. The largest absolute Gasteiger partial charge is 0.0584 e. The molecular formula is C12H17. The van der Waals surface area contributed by atoms with Gasteiger partial charge >= 0.3 is 0 Å². The lowest BCUT2D eigenvalue weighted by atomic mass is 9.83. The monoisotopic (exact) mass is 161 g/mol. The maximum absolute atomic E-state index is 3.32. The molecule has 0 N–H and O–H groups in total. The van der Waals surface area contributed by atoms with Crippen LogP contribution in [-0.4, -0.2) is 0 Å². The van der Waals surface area contributed by atoms with E-state index in [1.807, 2.05) is 6.07 Å². The molecule has 0 unspecified atom stereocenters. The molecule has 1 rings (SSSR count). The quantitative estimate of drug-likeness (QED) is 0.547. The van der Waals surface area contributed by atoms with E-state index in [1.54, 1.807) is 0 Å². The third kappa shape index (κ3) is 1.69. The maximum Gasteiger partial charge on any atom is -0.0123 e. The average molecular weight is 161 g/mol. The average Bonchev–Trinajstić information content (AvgIpc) is 1.92. The third-order valence-electron chi connectivity index (χ3n) is 2.28. The highest BCUT2D eigenvalue weighted by atomic mass is 14.2. The molecule has 0 heterocycles. The van der Waals surface area contributed by atoms with Gasteiger partial charge in [0.05, 0.1) is 0 Å². The van der Waals surface area contributed by atoms with Crippen molar-refractivity contribution in [3.8, 4) is 0 Å². The molecule has 0 aliphatic carbocycles. The van der Waals surface area contributed by atoms with E-state index in [4.69, 9.17) is 0 Å². The molecule has 1 aromatic carbocycles. The normalized spacial score (nSPS) is 11.8. The maximum atomic E-state index is 3.32. The van der Waals surface area contributed by atoms with Crippen LogP contribution in [0.3, 0.4) is 0 Å². The molecule has 0 bridgehead atoms. The van der Waals surface area contributed by atoms with Gasteiger partial charge in [-0.05, 0) is 42.0 Å². The van der Waals surface area contributed by atoms with E-state index in [0.717, 1.165) is 0 Å². The summed E-state index contributed by atoms with van der Waals surface area (Å²) in [6.07, 6.45) is 0. The molecule has 0 heteroatoms. The van der Waals surface area contributed by atoms with Crippen LogP contribution in [-0.2, 0) is 5.41 Å². The molecule has 0 saturated heterocycles. The summed E-state index contributed by atoms with van der Waals surface area (Å²) < 4.78 is 0. The van der Waals surface area contributed by atoms with Gasteiger partial charge in [-0.15, -0.1) is 0 Å². The smallest absolute Gasteiger partial charge is 0.0123 e. The van der Waals surface area contributed by atoms with Gasteiger partial charge < -0.3 is 0 Å². The van der Waals surface area contributed by atoms with Gasteiger partial charge in [0.15, 0.2) is 0 Å². The number of rotatable bonds is 0. The Balaban J connectivity index is 3.26. The Kier molecular flexibility index (Phi) is 2.27. The van der Waals surface area contributed by atoms with Crippen molar-refractivity contribution in [2.75, 3.05) is 0 Å². The molecule has 0 nitrogen and oxygen atoms in total. The second kappa shape index (κ2) is 2.93. The fourth-order valence-corrected chi connectivity index (χ4v) is 1.46. The first kappa shape index (κ1) is 9.31. The van der Waals surface area contributed by atoms with Crippen LogP contribution in [0.1, 0.15) is 37.5 Å². The number of benzene rings is 1. The summed E-state index contributed by atoms with van der Waals surface area (Å²) in [5, 5.41) is 0. The topological polar surface area (TPSA) is 0 Å². The summed E-state index contributed by atoms with van der Waals surface area (Å²) in [6.45, 7) is 11.0. The molecule has 0 saturated carbocycles. The molecule has 0 aromatic heterocycles. The highest BCUT2D eigenvalue weighted by molar-refractivity contribution is 5.36. The van der Waals surface area contributed by atoms with Crippen molar-refractivity contribution in [2.24, 2.45) is 0 Å². The molecule has 0 fully saturated rings. The Hall–Kier alpha value is -0.780. The van der Waals surface area contributed by atoms with Crippen molar-refractivity contribution >= 4 is 0 Å². The van der Waals surface area contributed by atoms with E-state index in [9.17, 15) is 0 Å². The van der Waals surface area contributed by atoms with Crippen molar-refractivity contribution in [2.45, 2.75) is 40.0 Å². The van der Waals surface area contributed by atoms with Crippen molar-refractivity contribution in [3.63, 3.8) is 0 Å². The Labute approximate surface area is 75.6 Å². The highest BCUT2D eigenvalue weighted by Gasteiger charge is 2.16. The van der Waals surface area contributed by atoms with Crippen LogP contribution in [0, 0.1) is 19.9 Å². The van der Waals surface area contributed by atoms with Crippen LogP contribution >= 0.6 is 0 Å². The molecule has 0 atom stereocenters. The molecule has 0 spiro atoms. The van der Waals surface area contributed by atoms with Crippen LogP contribution in [0.5, 0.6) is 0 Å². The van der Waals surface area contributed by atoms with E-state index < -0.39 is 0 Å². The molecule has 0 aliphatic rings. The van der Waals surface area contributed by atoms with Crippen LogP contribution in [0.4, 0.5) is 0 Å². The van der Waals surface area contributed by atoms with Gasteiger partial charge in [0.2, 0.25) is 0 Å². The Morgan fingerprint density at radius 3 is 2.17 bits per heavy atom. The van der Waals surface area contributed by atoms with Crippen molar-refractivity contribution < 1.29 is 0 Å². The predicted molar refractivity (Wildman–Crippen MR) is 53.5 cm³/mol. The van der Waals surface area contributed by atoms with Crippen molar-refractivity contribution in [1.29, 1.82) is 0 Å². The third-order valence-corrected chi connectivity index (χ3v) is 2.28. The van der Waals surface area contributed by atoms with Crippen LogP contribution in [0.2, 0.25) is 0 Å². The van der Waals surface area contributed by atoms with Gasteiger partial charge in [0.1, 0.15) is 0 Å². The zero-order valence-electron chi connectivity index (χ0n) is 8.65. The minimum absolute atomic E-state index is 0.218. The molecule has 12 heavy (non-hydrogen) atoms. The summed E-state index contributed by atoms with van der Waals surface area (Å²) >= 11 is 0. The van der Waals surface area contributed by atoms with E-state index >= 15 is 0 Å². The summed E-state index contributed by atoms with van der Waals surface area (Å²) in [5.74, 6) is 0. The lowest BCUT2D eigenvalue weighted by molar-refractivity contribution is 0.584. The fraction of sp³-hybridized carbons (Fsp3) is 0.500. The zero-order chi connectivity index (χ0) is 9.35. The van der Waals surface area contributed by atoms with E-state index in [2.05, 4.69) is 46.8 Å². The summed E-state index contributed by atoms with van der Waals surface area (Å²) in [6, 6.07) is 7.45. The summed E-state index contributed by atoms with van der Waals surface area (Å²) in [5.41, 5.74) is 4.29. The Morgan fingerprint density at radius 1 is 1.17 bits per heavy atom. The van der Waals surface area contributed by atoms with Crippen LogP contribution < -0.4 is 0 Å². The first-order chi connectivity index (χ1) is 5.43. The van der Waals surface area contributed by atoms with Gasteiger partial charge in [0, 0.05) is 0 Å². The number of hydrogen-bond donors (Lipinski definition) is 0. The Bertz CT molecular complexity index is 277. The van der Waals surface area contributed by atoms with Crippen LogP contribution in [0.15, 0.2) is 12.1 Å². The summed E-state index contributed by atoms with van der Waals surface area (Å²) in [7, 11) is 0. The van der Waals surface area contributed by atoms with Crippen molar-refractivity contribution in [1.82, 2.24) is 0 Å². The second-order valence-corrected chi connectivity index (χ2v) is 4.41. The second-order valence-electron chi connectivity index (χ2n) is 4.41. The van der Waals surface area contributed by atoms with Gasteiger partial charge in [0.25, 0.3) is 0 Å². The van der Waals surface area contributed by atoms with E-state index in [-0.39, 0.29) is 5.41 Å². The fourth-order valence-electron chi connectivity index (χ4n) is 1.46. The van der Waals surface area contributed by atoms with E-state index in [0.29, 0.717) is 0 Å². The first-order valence-corrected chi connectivity index (χ1v) is 4.41.